The minimum atomic E-state index is -0.00898. The third kappa shape index (κ3) is 4.15. The summed E-state index contributed by atoms with van der Waals surface area (Å²) in [6.07, 6.45) is 0. The number of amidine groups is 1. The molecule has 1 atom stereocenters. The fraction of sp³-hybridized carbons (Fsp3) is 0.857. The average Bonchev–Trinajstić information content (AvgIpc) is 2.04. The smallest absolute Gasteiger partial charge is 0.153 e. The first-order valence-corrected chi connectivity index (χ1v) is 3.92. The lowest BCUT2D eigenvalue weighted by Gasteiger charge is -2.19. The molecule has 5 nitrogen and oxygen atoms in total. The molecule has 0 aromatic heterocycles. The molecule has 0 bridgehead atoms. The zero-order chi connectivity index (χ0) is 9.56. The van der Waals surface area contributed by atoms with Crippen LogP contribution in [0.15, 0.2) is 5.16 Å². The molecule has 0 aliphatic carbocycles. The molecule has 5 heteroatoms. The van der Waals surface area contributed by atoms with Gasteiger partial charge in [-0.3, -0.25) is 0 Å². The minimum Gasteiger partial charge on any atom is -0.409 e. The summed E-state index contributed by atoms with van der Waals surface area (Å²) in [5.41, 5.74) is 5.23. The zero-order valence-electron chi connectivity index (χ0n) is 7.49. The van der Waals surface area contributed by atoms with Gasteiger partial charge in [0.2, 0.25) is 0 Å². The van der Waals surface area contributed by atoms with Gasteiger partial charge in [-0.1, -0.05) is 19.0 Å². The number of nitrogens with zero attached hydrogens (tertiary/aromatic N) is 1. The second-order valence-electron chi connectivity index (χ2n) is 3.01. The number of hydrogen-bond donors (Lipinski definition) is 4. The predicted molar refractivity (Wildman–Crippen MR) is 47.1 cm³/mol. The SMILES string of the molecule is CC(C)[C@@H](CO)NCC(N)=NO. The molecule has 0 aromatic rings. The Kier molecular flexibility index (Phi) is 5.40. The third-order valence-electron chi connectivity index (χ3n) is 1.68. The fourth-order valence-electron chi connectivity index (χ4n) is 0.782. The maximum absolute atomic E-state index is 8.88. The topological polar surface area (TPSA) is 90.9 Å². The number of hydrogen-bond acceptors (Lipinski definition) is 4. The number of rotatable bonds is 5. The molecule has 0 aromatic carbocycles. The van der Waals surface area contributed by atoms with E-state index in [1.807, 2.05) is 13.8 Å². The highest BCUT2D eigenvalue weighted by Gasteiger charge is 2.10. The van der Waals surface area contributed by atoms with Gasteiger partial charge in [0.05, 0.1) is 13.2 Å². The quantitative estimate of drug-likeness (QED) is 0.193. The summed E-state index contributed by atoms with van der Waals surface area (Å²) in [7, 11) is 0. The van der Waals surface area contributed by atoms with Crippen LogP contribution in [0.1, 0.15) is 13.8 Å². The number of nitrogens with one attached hydrogen (secondary N) is 1. The highest BCUT2D eigenvalue weighted by Crippen LogP contribution is 1.99. The zero-order valence-corrected chi connectivity index (χ0v) is 7.49. The normalized spacial score (nSPS) is 15.2. The minimum absolute atomic E-state index is 0.00898. The van der Waals surface area contributed by atoms with E-state index in [-0.39, 0.29) is 18.5 Å². The Morgan fingerprint density at radius 1 is 1.58 bits per heavy atom. The van der Waals surface area contributed by atoms with E-state index in [1.165, 1.54) is 0 Å². The van der Waals surface area contributed by atoms with E-state index in [2.05, 4.69) is 10.5 Å². The van der Waals surface area contributed by atoms with Crippen LogP contribution in [-0.2, 0) is 0 Å². The third-order valence-corrected chi connectivity index (χ3v) is 1.68. The molecule has 5 N–H and O–H groups in total. The number of aliphatic hydroxyl groups is 1. The standard InChI is InChI=1S/C7H17N3O2/c1-5(2)6(4-11)9-3-7(8)10-12/h5-6,9,11-12H,3-4H2,1-2H3,(H2,8,10)/t6-/m1/s1. The largest absolute Gasteiger partial charge is 0.409 e. The maximum atomic E-state index is 8.88. The summed E-state index contributed by atoms with van der Waals surface area (Å²) in [6, 6.07) is -0.00898. The van der Waals surface area contributed by atoms with Gasteiger partial charge >= 0.3 is 0 Å². The summed E-state index contributed by atoms with van der Waals surface area (Å²) in [4.78, 5) is 0. The molecule has 0 radical (unpaired) electrons. The van der Waals surface area contributed by atoms with Gasteiger partial charge in [0.25, 0.3) is 0 Å². The van der Waals surface area contributed by atoms with Crippen LogP contribution in [0.5, 0.6) is 0 Å². The molecule has 0 rings (SSSR count). The molecule has 0 spiro atoms. The van der Waals surface area contributed by atoms with Crippen molar-refractivity contribution in [1.29, 1.82) is 0 Å². The second-order valence-corrected chi connectivity index (χ2v) is 3.01. The van der Waals surface area contributed by atoms with E-state index in [9.17, 15) is 0 Å². The highest BCUT2D eigenvalue weighted by atomic mass is 16.4. The van der Waals surface area contributed by atoms with Crippen molar-refractivity contribution in [2.45, 2.75) is 19.9 Å². The Morgan fingerprint density at radius 2 is 2.17 bits per heavy atom. The van der Waals surface area contributed by atoms with Gasteiger partial charge in [-0.15, -0.1) is 0 Å². The number of aliphatic hydroxyl groups excluding tert-OH is 1. The molecule has 72 valence electrons. The highest BCUT2D eigenvalue weighted by molar-refractivity contribution is 5.81. The Labute approximate surface area is 72.3 Å². The molecular formula is C7H17N3O2. The average molecular weight is 175 g/mol. The second kappa shape index (κ2) is 5.79. The van der Waals surface area contributed by atoms with Crippen molar-refractivity contribution in [1.82, 2.24) is 5.32 Å². The van der Waals surface area contributed by atoms with Crippen molar-refractivity contribution in [2.75, 3.05) is 13.2 Å². The van der Waals surface area contributed by atoms with Crippen LogP contribution in [0.2, 0.25) is 0 Å². The maximum Gasteiger partial charge on any atom is 0.153 e. The van der Waals surface area contributed by atoms with Crippen molar-refractivity contribution in [3.05, 3.63) is 0 Å². The van der Waals surface area contributed by atoms with Crippen molar-refractivity contribution in [2.24, 2.45) is 16.8 Å². The van der Waals surface area contributed by atoms with E-state index in [0.29, 0.717) is 12.5 Å². The van der Waals surface area contributed by atoms with Crippen LogP contribution in [0.3, 0.4) is 0 Å². The first-order chi connectivity index (χ1) is 5.61. The first-order valence-electron chi connectivity index (χ1n) is 3.92. The summed E-state index contributed by atoms with van der Waals surface area (Å²) in [5, 5.41) is 22.9. The molecule has 0 amide bonds. The van der Waals surface area contributed by atoms with E-state index in [4.69, 9.17) is 16.0 Å². The Bertz CT molecular complexity index is 148. The Hall–Kier alpha value is -0.810. The number of oxime groups is 1. The molecule has 12 heavy (non-hydrogen) atoms. The van der Waals surface area contributed by atoms with Gasteiger partial charge in [0, 0.05) is 6.04 Å². The van der Waals surface area contributed by atoms with E-state index < -0.39 is 0 Å². The molecule has 0 saturated heterocycles. The lowest BCUT2D eigenvalue weighted by atomic mass is 10.1. The van der Waals surface area contributed by atoms with E-state index >= 15 is 0 Å². The number of nitrogens with two attached hydrogens (primary N) is 1. The van der Waals surface area contributed by atoms with E-state index in [1.54, 1.807) is 0 Å². The summed E-state index contributed by atoms with van der Waals surface area (Å²) in [5.74, 6) is 0.440. The van der Waals surface area contributed by atoms with Crippen LogP contribution in [0.4, 0.5) is 0 Å². The predicted octanol–water partition coefficient (Wildman–Crippen LogP) is -0.661. The first kappa shape index (κ1) is 11.2. The van der Waals surface area contributed by atoms with Gasteiger partial charge in [-0.25, -0.2) is 0 Å². The molecule has 0 saturated carbocycles. The molecular weight excluding hydrogens is 158 g/mol. The van der Waals surface area contributed by atoms with Crippen molar-refractivity contribution >= 4 is 5.84 Å². The van der Waals surface area contributed by atoms with Crippen LogP contribution in [0.25, 0.3) is 0 Å². The van der Waals surface area contributed by atoms with Gasteiger partial charge < -0.3 is 21.4 Å². The summed E-state index contributed by atoms with van der Waals surface area (Å²) < 4.78 is 0. The molecule has 0 fully saturated rings. The van der Waals surface area contributed by atoms with Crippen LogP contribution < -0.4 is 11.1 Å². The molecule has 0 unspecified atom stereocenters. The van der Waals surface area contributed by atoms with E-state index in [0.717, 1.165) is 0 Å². The fourth-order valence-corrected chi connectivity index (χ4v) is 0.782. The van der Waals surface area contributed by atoms with Gasteiger partial charge in [0.15, 0.2) is 5.84 Å². The Balaban J connectivity index is 3.73. The van der Waals surface area contributed by atoms with Crippen molar-refractivity contribution in [3.63, 3.8) is 0 Å². The van der Waals surface area contributed by atoms with Crippen LogP contribution >= 0.6 is 0 Å². The van der Waals surface area contributed by atoms with Crippen molar-refractivity contribution < 1.29 is 10.3 Å². The lowest BCUT2D eigenvalue weighted by Crippen LogP contribution is -2.41. The molecule has 0 heterocycles. The van der Waals surface area contributed by atoms with Gasteiger partial charge in [-0.2, -0.15) is 0 Å². The van der Waals surface area contributed by atoms with Crippen LogP contribution in [0, 0.1) is 5.92 Å². The monoisotopic (exact) mass is 175 g/mol. The Morgan fingerprint density at radius 3 is 2.50 bits per heavy atom. The molecule has 0 aliphatic rings. The molecule has 0 aliphatic heterocycles. The van der Waals surface area contributed by atoms with Gasteiger partial charge in [-0.05, 0) is 5.92 Å². The summed E-state index contributed by atoms with van der Waals surface area (Å²) >= 11 is 0. The van der Waals surface area contributed by atoms with Crippen molar-refractivity contribution in [3.8, 4) is 0 Å². The van der Waals surface area contributed by atoms with Gasteiger partial charge in [0.1, 0.15) is 0 Å². The summed E-state index contributed by atoms with van der Waals surface area (Å²) in [6.45, 7) is 4.32. The van der Waals surface area contributed by atoms with Crippen LogP contribution in [-0.4, -0.2) is 35.3 Å². The lowest BCUT2D eigenvalue weighted by molar-refractivity contribution is 0.215.